The zero-order valence-corrected chi connectivity index (χ0v) is 12.5. The van der Waals surface area contributed by atoms with Gasteiger partial charge in [0.2, 0.25) is 0 Å². The van der Waals surface area contributed by atoms with Crippen molar-refractivity contribution < 1.29 is 4.92 Å². The fourth-order valence-corrected chi connectivity index (χ4v) is 2.26. The lowest BCUT2D eigenvalue weighted by Crippen LogP contribution is -1.98. The normalized spacial score (nSPS) is 11.0. The lowest BCUT2D eigenvalue weighted by Gasteiger charge is -2.04. The standard InChI is InChI=1S/C17H14N4O2/c1-20-10-9-18-17(20)15-8-7-13(11-16(15)21(22)23)12-19-14-5-3-2-4-6-14/h2-12H,1H3/b19-12+. The number of hydrogen-bond acceptors (Lipinski definition) is 4. The monoisotopic (exact) mass is 306 g/mol. The van der Waals surface area contributed by atoms with Crippen LogP contribution in [0.25, 0.3) is 11.4 Å². The Balaban J connectivity index is 1.99. The van der Waals surface area contributed by atoms with Crippen LogP contribution >= 0.6 is 0 Å². The number of aliphatic imine (C=N–C) groups is 1. The predicted molar refractivity (Wildman–Crippen MR) is 89.0 cm³/mol. The maximum atomic E-state index is 11.4. The minimum absolute atomic E-state index is 0.0105. The smallest absolute Gasteiger partial charge is 0.280 e. The van der Waals surface area contributed by atoms with Crippen LogP contribution in [0.15, 0.2) is 65.9 Å². The van der Waals surface area contributed by atoms with E-state index in [1.54, 1.807) is 42.4 Å². The van der Waals surface area contributed by atoms with Crippen LogP contribution < -0.4 is 0 Å². The fourth-order valence-electron chi connectivity index (χ4n) is 2.26. The Morgan fingerprint density at radius 1 is 1.22 bits per heavy atom. The number of nitrogens with zero attached hydrogens (tertiary/aromatic N) is 4. The molecular weight excluding hydrogens is 292 g/mol. The molecule has 1 aromatic heterocycles. The molecular formula is C17H14N4O2. The van der Waals surface area contributed by atoms with Crippen molar-refractivity contribution in [1.82, 2.24) is 9.55 Å². The molecule has 2 aromatic carbocycles. The van der Waals surface area contributed by atoms with E-state index < -0.39 is 4.92 Å². The molecule has 114 valence electrons. The van der Waals surface area contributed by atoms with Crippen molar-refractivity contribution in [2.24, 2.45) is 12.0 Å². The van der Waals surface area contributed by atoms with Crippen molar-refractivity contribution in [2.45, 2.75) is 0 Å². The summed E-state index contributed by atoms with van der Waals surface area (Å²) in [7, 11) is 1.80. The fraction of sp³-hybridized carbons (Fsp3) is 0.0588. The maximum absolute atomic E-state index is 11.4. The van der Waals surface area contributed by atoms with E-state index in [9.17, 15) is 10.1 Å². The van der Waals surface area contributed by atoms with E-state index in [1.165, 1.54) is 6.07 Å². The Bertz CT molecular complexity index is 869. The second-order valence-corrected chi connectivity index (χ2v) is 4.99. The van der Waals surface area contributed by atoms with Crippen molar-refractivity contribution >= 4 is 17.6 Å². The summed E-state index contributed by atoms with van der Waals surface area (Å²) < 4.78 is 1.75. The van der Waals surface area contributed by atoms with E-state index >= 15 is 0 Å². The predicted octanol–water partition coefficient (Wildman–Crippen LogP) is 3.75. The van der Waals surface area contributed by atoms with Crippen LogP contribution in [0.1, 0.15) is 5.56 Å². The average molecular weight is 306 g/mol. The molecule has 0 aliphatic rings. The highest BCUT2D eigenvalue weighted by Gasteiger charge is 2.18. The topological polar surface area (TPSA) is 73.3 Å². The summed E-state index contributed by atoms with van der Waals surface area (Å²) in [5.74, 6) is 0.559. The van der Waals surface area contributed by atoms with Gasteiger partial charge in [0.1, 0.15) is 5.82 Å². The molecule has 3 rings (SSSR count). The van der Waals surface area contributed by atoms with E-state index in [0.29, 0.717) is 17.0 Å². The van der Waals surface area contributed by atoms with Gasteiger partial charge in [-0.2, -0.15) is 0 Å². The summed E-state index contributed by atoms with van der Waals surface area (Å²) in [4.78, 5) is 19.5. The van der Waals surface area contributed by atoms with Crippen molar-refractivity contribution in [3.8, 4) is 11.4 Å². The summed E-state index contributed by atoms with van der Waals surface area (Å²) in [6.45, 7) is 0. The first kappa shape index (κ1) is 14.6. The van der Waals surface area contributed by atoms with E-state index in [1.807, 2.05) is 30.3 Å². The molecule has 0 radical (unpaired) electrons. The quantitative estimate of drug-likeness (QED) is 0.418. The Hall–Kier alpha value is -3.28. The number of para-hydroxylation sites is 1. The molecule has 3 aromatic rings. The number of imidazole rings is 1. The summed E-state index contributed by atoms with van der Waals surface area (Å²) in [6.07, 6.45) is 4.98. The van der Waals surface area contributed by atoms with Crippen LogP contribution in [0.5, 0.6) is 0 Å². The van der Waals surface area contributed by atoms with Crippen LogP contribution in [-0.4, -0.2) is 20.7 Å². The van der Waals surface area contributed by atoms with Gasteiger partial charge >= 0.3 is 0 Å². The van der Waals surface area contributed by atoms with Gasteiger partial charge in [-0.15, -0.1) is 0 Å². The molecule has 0 atom stereocenters. The third-order valence-corrected chi connectivity index (χ3v) is 3.40. The van der Waals surface area contributed by atoms with Crippen molar-refractivity contribution in [3.63, 3.8) is 0 Å². The van der Waals surface area contributed by atoms with E-state index in [2.05, 4.69) is 9.98 Å². The summed E-state index contributed by atoms with van der Waals surface area (Å²) in [5, 5.41) is 11.4. The molecule has 0 spiro atoms. The van der Waals surface area contributed by atoms with E-state index in [4.69, 9.17) is 0 Å². The van der Waals surface area contributed by atoms with Gasteiger partial charge in [0, 0.05) is 31.7 Å². The van der Waals surface area contributed by atoms with E-state index in [0.717, 1.165) is 5.69 Å². The number of aromatic nitrogens is 2. The number of hydrogen-bond donors (Lipinski definition) is 0. The highest BCUT2D eigenvalue weighted by molar-refractivity contribution is 5.85. The first-order valence-corrected chi connectivity index (χ1v) is 7.00. The second-order valence-electron chi connectivity index (χ2n) is 4.99. The zero-order valence-electron chi connectivity index (χ0n) is 12.5. The molecule has 0 aliphatic heterocycles. The molecule has 6 nitrogen and oxygen atoms in total. The number of nitro groups is 1. The molecule has 1 heterocycles. The van der Waals surface area contributed by atoms with Gasteiger partial charge in [-0.25, -0.2) is 4.98 Å². The molecule has 6 heteroatoms. The third kappa shape index (κ3) is 3.16. The Morgan fingerprint density at radius 2 is 2.00 bits per heavy atom. The number of nitro benzene ring substituents is 1. The second kappa shape index (κ2) is 6.23. The minimum atomic E-state index is -0.399. The van der Waals surface area contributed by atoms with Crippen LogP contribution in [0.3, 0.4) is 0 Å². The Kier molecular flexibility index (Phi) is 3.97. The minimum Gasteiger partial charge on any atom is -0.334 e. The lowest BCUT2D eigenvalue weighted by atomic mass is 10.1. The van der Waals surface area contributed by atoms with Gasteiger partial charge in [0.25, 0.3) is 5.69 Å². The van der Waals surface area contributed by atoms with E-state index in [-0.39, 0.29) is 5.69 Å². The Labute approximate surface area is 132 Å². The van der Waals surface area contributed by atoms with Crippen molar-refractivity contribution in [3.05, 3.63) is 76.6 Å². The van der Waals surface area contributed by atoms with Gasteiger partial charge in [-0.3, -0.25) is 15.1 Å². The molecule has 0 unspecified atom stereocenters. The largest absolute Gasteiger partial charge is 0.334 e. The highest BCUT2D eigenvalue weighted by Crippen LogP contribution is 2.29. The van der Waals surface area contributed by atoms with Crippen molar-refractivity contribution in [1.29, 1.82) is 0 Å². The molecule has 0 saturated heterocycles. The molecule has 0 bridgehead atoms. The van der Waals surface area contributed by atoms with Gasteiger partial charge in [0.05, 0.1) is 16.2 Å². The summed E-state index contributed by atoms with van der Waals surface area (Å²) in [5.41, 5.74) is 1.96. The lowest BCUT2D eigenvalue weighted by molar-refractivity contribution is -0.384. The van der Waals surface area contributed by atoms with Gasteiger partial charge in [0.15, 0.2) is 0 Å². The molecule has 0 N–H and O–H groups in total. The molecule has 0 saturated carbocycles. The number of aryl methyl sites for hydroxylation is 1. The van der Waals surface area contributed by atoms with Crippen LogP contribution in [0, 0.1) is 10.1 Å². The number of benzene rings is 2. The molecule has 0 aliphatic carbocycles. The molecule has 0 fully saturated rings. The van der Waals surface area contributed by atoms with Crippen LogP contribution in [0.2, 0.25) is 0 Å². The Morgan fingerprint density at radius 3 is 2.65 bits per heavy atom. The van der Waals surface area contributed by atoms with Crippen LogP contribution in [0.4, 0.5) is 11.4 Å². The average Bonchev–Trinajstić information content (AvgIpc) is 2.99. The third-order valence-electron chi connectivity index (χ3n) is 3.40. The summed E-state index contributed by atoms with van der Waals surface area (Å²) >= 11 is 0. The molecule has 0 amide bonds. The van der Waals surface area contributed by atoms with Crippen LogP contribution in [-0.2, 0) is 7.05 Å². The highest BCUT2D eigenvalue weighted by atomic mass is 16.6. The van der Waals surface area contributed by atoms with Crippen molar-refractivity contribution in [2.75, 3.05) is 0 Å². The zero-order chi connectivity index (χ0) is 16.2. The maximum Gasteiger partial charge on any atom is 0.280 e. The van der Waals surface area contributed by atoms with Gasteiger partial charge in [-0.05, 0) is 23.8 Å². The summed E-state index contributed by atoms with van der Waals surface area (Å²) in [6, 6.07) is 14.4. The first-order chi connectivity index (χ1) is 11.1. The van der Waals surface area contributed by atoms with Gasteiger partial charge < -0.3 is 4.57 Å². The number of rotatable bonds is 4. The SMILES string of the molecule is Cn1ccnc1-c1ccc(/C=N/c2ccccc2)cc1[N+](=O)[O-]. The molecule has 23 heavy (non-hydrogen) atoms. The van der Waals surface area contributed by atoms with Gasteiger partial charge in [-0.1, -0.05) is 24.3 Å². The first-order valence-electron chi connectivity index (χ1n) is 7.00.